The van der Waals surface area contributed by atoms with Crippen LogP contribution in [0.5, 0.6) is 5.75 Å². The van der Waals surface area contributed by atoms with Crippen LogP contribution in [-0.2, 0) is 0 Å². The molecular weight excluding hydrogens is 292 g/mol. The molecule has 0 aliphatic rings. The molecule has 0 fully saturated rings. The lowest BCUT2D eigenvalue weighted by Gasteiger charge is -2.06. The highest BCUT2D eigenvalue weighted by atomic mass is 16.4. The molecule has 2 N–H and O–H groups in total. The van der Waals surface area contributed by atoms with E-state index in [-0.39, 0.29) is 5.75 Å². The Morgan fingerprint density at radius 1 is 0.957 bits per heavy atom. The van der Waals surface area contributed by atoms with Gasteiger partial charge < -0.3 is 14.7 Å². The highest BCUT2D eigenvalue weighted by Crippen LogP contribution is 2.28. The number of rotatable bonds is 1. The lowest BCUT2D eigenvalue weighted by Crippen LogP contribution is -2.03. The monoisotopic (exact) mass is 304 g/mol. The Morgan fingerprint density at radius 3 is 2.70 bits per heavy atom. The van der Waals surface area contributed by atoms with Crippen LogP contribution in [0.25, 0.3) is 33.2 Å². The second-order valence-electron chi connectivity index (χ2n) is 5.16. The first kappa shape index (κ1) is 13.3. The maximum Gasteiger partial charge on any atom is 0.155 e. The Hall–Kier alpha value is -3.34. The summed E-state index contributed by atoms with van der Waals surface area (Å²) < 4.78 is 5.86. The molecule has 5 nitrogen and oxygen atoms in total. The van der Waals surface area contributed by atoms with Crippen molar-refractivity contribution < 1.29 is 14.7 Å². The predicted octanol–water partition coefficient (Wildman–Crippen LogP) is 3.64. The minimum Gasteiger partial charge on any atom is -0.507 e. The second kappa shape index (κ2) is 5.14. The predicted molar refractivity (Wildman–Crippen MR) is 86.0 cm³/mol. The van der Waals surface area contributed by atoms with Gasteiger partial charge in [0, 0.05) is 28.4 Å². The maximum absolute atomic E-state index is 10.00. The van der Waals surface area contributed by atoms with Crippen molar-refractivity contribution in [3.8, 4) is 17.2 Å². The molecule has 112 valence electrons. The summed E-state index contributed by atoms with van der Waals surface area (Å²) >= 11 is 0. The van der Waals surface area contributed by atoms with Crippen LogP contribution < -0.4 is 5.36 Å². The van der Waals surface area contributed by atoms with Gasteiger partial charge in [0.2, 0.25) is 0 Å². The second-order valence-corrected chi connectivity index (χ2v) is 5.16. The van der Waals surface area contributed by atoms with Gasteiger partial charge in [-0.2, -0.15) is 0 Å². The van der Waals surface area contributed by atoms with Crippen LogP contribution >= 0.6 is 0 Å². The van der Waals surface area contributed by atoms with E-state index in [1.807, 2.05) is 24.3 Å². The lowest BCUT2D eigenvalue weighted by molar-refractivity contribution is 0.302. The van der Waals surface area contributed by atoms with Gasteiger partial charge in [-0.3, -0.25) is 4.98 Å². The van der Waals surface area contributed by atoms with Crippen molar-refractivity contribution in [2.75, 3.05) is 0 Å². The van der Waals surface area contributed by atoms with E-state index in [1.165, 1.54) is 0 Å². The van der Waals surface area contributed by atoms with Crippen molar-refractivity contribution in [1.29, 1.82) is 0 Å². The van der Waals surface area contributed by atoms with Crippen LogP contribution in [-0.4, -0.2) is 15.3 Å². The summed E-state index contributed by atoms with van der Waals surface area (Å²) in [4.78, 5) is 4.37. The summed E-state index contributed by atoms with van der Waals surface area (Å²) in [6.07, 6.45) is 1.67. The number of nitrogens with zero attached hydrogens (tertiary/aromatic N) is 2. The molecule has 2 aromatic heterocycles. The van der Waals surface area contributed by atoms with Gasteiger partial charge in [-0.1, -0.05) is 29.4 Å². The number of para-hydroxylation sites is 1. The number of phenols is 1. The number of phenolic OH excluding ortho intramolecular Hbond substituents is 1. The fraction of sp³-hybridized carbons (Fsp3) is 0. The smallest absolute Gasteiger partial charge is 0.155 e. The van der Waals surface area contributed by atoms with Gasteiger partial charge >= 0.3 is 0 Å². The topological polar surface area (TPSA) is 78.9 Å². The molecular formula is C18H12N2O3. The first-order chi connectivity index (χ1) is 11.3. The molecule has 4 aromatic rings. The van der Waals surface area contributed by atoms with Crippen molar-refractivity contribution in [3.63, 3.8) is 0 Å². The number of benzene rings is 2. The molecule has 23 heavy (non-hydrogen) atoms. The summed E-state index contributed by atoms with van der Waals surface area (Å²) in [6.45, 7) is 0. The molecule has 0 atom stereocenters. The third-order valence-electron chi connectivity index (χ3n) is 3.75. The zero-order chi connectivity index (χ0) is 15.8. The van der Waals surface area contributed by atoms with Crippen molar-refractivity contribution in [2.45, 2.75) is 0 Å². The Bertz CT molecular complexity index is 1100. The Kier molecular flexibility index (Phi) is 2.98. The van der Waals surface area contributed by atoms with Crippen molar-refractivity contribution in [2.24, 2.45) is 5.16 Å². The standard InChI is InChI=1S/C18H12N2O3/c21-16-6-3-4-11-10-19-15(8-13(11)16)18-9-14(20-22)12-5-1-2-7-17(12)23-18/h1-10,21-22H/b20-14-. The molecule has 0 spiro atoms. The van der Waals surface area contributed by atoms with E-state index in [2.05, 4.69) is 10.1 Å². The minimum absolute atomic E-state index is 0.180. The van der Waals surface area contributed by atoms with Gasteiger partial charge in [0.25, 0.3) is 0 Å². The number of fused-ring (bicyclic) bond motifs is 2. The van der Waals surface area contributed by atoms with E-state index in [0.29, 0.717) is 33.2 Å². The average molecular weight is 304 g/mol. The van der Waals surface area contributed by atoms with E-state index < -0.39 is 0 Å². The molecule has 0 bridgehead atoms. The van der Waals surface area contributed by atoms with Crippen molar-refractivity contribution in [1.82, 2.24) is 4.98 Å². The van der Waals surface area contributed by atoms with Gasteiger partial charge in [0.15, 0.2) is 5.76 Å². The Morgan fingerprint density at radius 2 is 1.83 bits per heavy atom. The van der Waals surface area contributed by atoms with Gasteiger partial charge in [-0.25, -0.2) is 0 Å². The molecule has 0 unspecified atom stereocenters. The summed E-state index contributed by atoms with van der Waals surface area (Å²) in [5.74, 6) is 0.640. The first-order valence-corrected chi connectivity index (χ1v) is 7.05. The van der Waals surface area contributed by atoms with E-state index >= 15 is 0 Å². The molecule has 2 aromatic carbocycles. The lowest BCUT2D eigenvalue weighted by atomic mass is 10.1. The van der Waals surface area contributed by atoms with Gasteiger partial charge in [-0.05, 0) is 24.3 Å². The zero-order valence-corrected chi connectivity index (χ0v) is 12.0. The third-order valence-corrected chi connectivity index (χ3v) is 3.75. The van der Waals surface area contributed by atoms with Crippen LogP contribution in [0.3, 0.4) is 0 Å². The fourth-order valence-electron chi connectivity index (χ4n) is 2.61. The summed E-state index contributed by atoms with van der Waals surface area (Å²) in [6, 6.07) is 15.9. The maximum atomic E-state index is 10.00. The number of hydrogen-bond donors (Lipinski definition) is 2. The van der Waals surface area contributed by atoms with E-state index in [9.17, 15) is 10.3 Å². The summed E-state index contributed by atoms with van der Waals surface area (Å²) in [5.41, 5.74) is 1.15. The number of aromatic nitrogens is 1. The Labute approximate surface area is 130 Å². The molecule has 0 saturated heterocycles. The van der Waals surface area contributed by atoms with Gasteiger partial charge in [-0.15, -0.1) is 0 Å². The highest BCUT2D eigenvalue weighted by molar-refractivity contribution is 5.90. The Balaban J connectivity index is 2.01. The van der Waals surface area contributed by atoms with Crippen LogP contribution in [0.1, 0.15) is 0 Å². The van der Waals surface area contributed by atoms with Crippen LogP contribution in [0.2, 0.25) is 0 Å². The van der Waals surface area contributed by atoms with Crippen LogP contribution in [0.4, 0.5) is 0 Å². The molecule has 0 amide bonds. The highest BCUT2D eigenvalue weighted by Gasteiger charge is 2.09. The van der Waals surface area contributed by atoms with E-state index in [0.717, 1.165) is 5.39 Å². The quantitative estimate of drug-likeness (QED) is 0.415. The van der Waals surface area contributed by atoms with Gasteiger partial charge in [0.1, 0.15) is 22.4 Å². The van der Waals surface area contributed by atoms with Crippen LogP contribution in [0, 0.1) is 0 Å². The fourth-order valence-corrected chi connectivity index (χ4v) is 2.61. The SMILES string of the molecule is O/N=c1/cc(-c2cc3c(O)cccc3cn2)oc2ccccc12. The summed E-state index contributed by atoms with van der Waals surface area (Å²) in [5, 5.41) is 25.2. The number of aromatic hydroxyl groups is 1. The van der Waals surface area contributed by atoms with Crippen molar-refractivity contribution >= 4 is 21.7 Å². The summed E-state index contributed by atoms with van der Waals surface area (Å²) in [7, 11) is 0. The third kappa shape index (κ3) is 2.19. The molecule has 0 aliphatic heterocycles. The first-order valence-electron chi connectivity index (χ1n) is 7.05. The van der Waals surface area contributed by atoms with Crippen molar-refractivity contribution in [3.05, 3.63) is 66.2 Å². The molecule has 0 saturated carbocycles. The van der Waals surface area contributed by atoms with E-state index in [4.69, 9.17) is 4.42 Å². The zero-order valence-electron chi connectivity index (χ0n) is 12.0. The molecule has 4 rings (SSSR count). The molecule has 5 heteroatoms. The molecule has 0 aliphatic carbocycles. The molecule has 0 radical (unpaired) electrons. The van der Waals surface area contributed by atoms with Crippen LogP contribution in [0.15, 0.2) is 70.4 Å². The number of pyridine rings is 1. The number of hydrogen-bond acceptors (Lipinski definition) is 5. The van der Waals surface area contributed by atoms with E-state index in [1.54, 1.807) is 36.5 Å². The normalized spacial score (nSPS) is 12.1. The molecule has 2 heterocycles. The minimum atomic E-state index is 0.180. The van der Waals surface area contributed by atoms with Gasteiger partial charge in [0.05, 0.1) is 0 Å². The average Bonchev–Trinajstić information content (AvgIpc) is 2.61. The largest absolute Gasteiger partial charge is 0.507 e.